The van der Waals surface area contributed by atoms with Gasteiger partial charge in [0.15, 0.2) is 0 Å². The lowest BCUT2D eigenvalue weighted by atomic mass is 10.1. The average Bonchev–Trinajstić information content (AvgIpc) is 2.62. The fourth-order valence-electron chi connectivity index (χ4n) is 2.40. The van der Waals surface area contributed by atoms with Gasteiger partial charge in [-0.3, -0.25) is 0 Å². The highest BCUT2D eigenvalue weighted by Crippen LogP contribution is 2.36. The Morgan fingerprint density at radius 3 is 1.92 bits per heavy atom. The lowest BCUT2D eigenvalue weighted by Gasteiger charge is -2.13. The number of hydrogen-bond donors (Lipinski definition) is 0. The first-order valence-corrected chi connectivity index (χ1v) is 7.65. The molecule has 0 atom stereocenters. The second-order valence-electron chi connectivity index (χ2n) is 5.31. The quantitative estimate of drug-likeness (QED) is 0.429. The number of para-hydroxylation sites is 2. The molecule has 0 radical (unpaired) electrons. The molecule has 0 unspecified atom stereocenters. The Labute approximate surface area is 147 Å². The lowest BCUT2D eigenvalue weighted by molar-refractivity contribution is -0.138. The van der Waals surface area contributed by atoms with Gasteiger partial charge in [-0.15, -0.1) is 0 Å². The standard InChI is InChI=1S/C20H13F3O3/c21-20(22,23)16-11-5-7-13-18(16)26-19(24)25-17-12-6-4-10-15(17)14-8-2-1-3-9-14/h1-13H. The van der Waals surface area contributed by atoms with E-state index in [0.29, 0.717) is 5.56 Å². The maximum atomic E-state index is 13.0. The van der Waals surface area contributed by atoms with E-state index in [-0.39, 0.29) is 5.75 Å². The minimum Gasteiger partial charge on any atom is -0.394 e. The van der Waals surface area contributed by atoms with Gasteiger partial charge in [-0.2, -0.15) is 13.2 Å². The molecule has 0 aliphatic heterocycles. The van der Waals surface area contributed by atoms with Gasteiger partial charge >= 0.3 is 12.3 Å². The summed E-state index contributed by atoms with van der Waals surface area (Å²) in [5.41, 5.74) is 0.369. The van der Waals surface area contributed by atoms with Crippen LogP contribution in [0.2, 0.25) is 0 Å². The van der Waals surface area contributed by atoms with Gasteiger partial charge in [0.25, 0.3) is 0 Å². The van der Waals surface area contributed by atoms with Crippen molar-refractivity contribution in [3.05, 3.63) is 84.4 Å². The van der Waals surface area contributed by atoms with Crippen LogP contribution in [-0.2, 0) is 6.18 Å². The predicted molar refractivity (Wildman–Crippen MR) is 90.0 cm³/mol. The van der Waals surface area contributed by atoms with Gasteiger partial charge < -0.3 is 9.47 Å². The SMILES string of the molecule is O=C(Oc1ccccc1-c1ccccc1)Oc1ccccc1C(F)(F)F. The van der Waals surface area contributed by atoms with Crippen LogP contribution in [0.4, 0.5) is 18.0 Å². The Morgan fingerprint density at radius 2 is 1.23 bits per heavy atom. The summed E-state index contributed by atoms with van der Waals surface area (Å²) >= 11 is 0. The number of carbonyl (C=O) groups is 1. The van der Waals surface area contributed by atoms with Crippen LogP contribution in [0.5, 0.6) is 11.5 Å². The molecule has 3 aromatic rings. The smallest absolute Gasteiger partial charge is 0.394 e. The van der Waals surface area contributed by atoms with E-state index in [0.717, 1.165) is 17.7 Å². The Morgan fingerprint density at radius 1 is 0.692 bits per heavy atom. The molecule has 3 nitrogen and oxygen atoms in total. The molecule has 6 heteroatoms. The number of ether oxygens (including phenoxy) is 2. The molecule has 3 rings (SSSR count). The highest BCUT2D eigenvalue weighted by atomic mass is 19.4. The van der Waals surface area contributed by atoms with E-state index in [2.05, 4.69) is 0 Å². The molecule has 0 aliphatic carbocycles. The monoisotopic (exact) mass is 358 g/mol. The number of alkyl halides is 3. The summed E-state index contributed by atoms with van der Waals surface area (Å²) in [6.45, 7) is 0. The van der Waals surface area contributed by atoms with Crippen LogP contribution in [0.25, 0.3) is 11.1 Å². The van der Waals surface area contributed by atoms with Crippen molar-refractivity contribution in [2.24, 2.45) is 0 Å². The molecule has 0 saturated carbocycles. The van der Waals surface area contributed by atoms with Crippen LogP contribution in [-0.4, -0.2) is 6.16 Å². The minimum atomic E-state index is -4.64. The van der Waals surface area contributed by atoms with E-state index in [1.54, 1.807) is 24.3 Å². The van der Waals surface area contributed by atoms with Crippen LogP contribution < -0.4 is 9.47 Å². The molecule has 0 spiro atoms. The summed E-state index contributed by atoms with van der Waals surface area (Å²) in [7, 11) is 0. The van der Waals surface area contributed by atoms with Crippen molar-refractivity contribution in [2.45, 2.75) is 6.18 Å². The van der Waals surface area contributed by atoms with Crippen LogP contribution in [0.1, 0.15) is 5.56 Å². The second-order valence-corrected chi connectivity index (χ2v) is 5.31. The first-order valence-electron chi connectivity index (χ1n) is 7.65. The number of benzene rings is 3. The van der Waals surface area contributed by atoms with Crippen molar-refractivity contribution < 1.29 is 27.4 Å². The third kappa shape index (κ3) is 4.03. The molecule has 0 heterocycles. The predicted octanol–water partition coefficient (Wildman–Crippen LogP) is 5.95. The zero-order valence-corrected chi connectivity index (χ0v) is 13.4. The fourth-order valence-corrected chi connectivity index (χ4v) is 2.40. The Balaban J connectivity index is 1.83. The molecule has 0 N–H and O–H groups in total. The maximum Gasteiger partial charge on any atom is 0.519 e. The van der Waals surface area contributed by atoms with E-state index in [4.69, 9.17) is 9.47 Å². The van der Waals surface area contributed by atoms with Crippen LogP contribution in [0.15, 0.2) is 78.9 Å². The highest BCUT2D eigenvalue weighted by molar-refractivity contribution is 5.75. The van der Waals surface area contributed by atoms with Crippen molar-refractivity contribution in [1.29, 1.82) is 0 Å². The lowest BCUT2D eigenvalue weighted by Crippen LogP contribution is -2.17. The molecule has 0 bridgehead atoms. The number of rotatable bonds is 3. The van der Waals surface area contributed by atoms with E-state index in [1.165, 1.54) is 12.1 Å². The largest absolute Gasteiger partial charge is 0.519 e. The van der Waals surface area contributed by atoms with Crippen molar-refractivity contribution in [1.82, 2.24) is 0 Å². The molecule has 26 heavy (non-hydrogen) atoms. The maximum absolute atomic E-state index is 13.0. The Kier molecular flexibility index (Phi) is 4.93. The van der Waals surface area contributed by atoms with Gasteiger partial charge in [-0.1, -0.05) is 60.7 Å². The summed E-state index contributed by atoms with van der Waals surface area (Å²) in [6, 6.07) is 20.3. The molecule has 132 valence electrons. The van der Waals surface area contributed by atoms with Crippen molar-refractivity contribution >= 4 is 6.16 Å². The molecule has 0 aromatic heterocycles. The first-order chi connectivity index (χ1) is 12.4. The molecular formula is C20H13F3O3. The molecule has 0 saturated heterocycles. The minimum absolute atomic E-state index is 0.188. The van der Waals surface area contributed by atoms with Crippen LogP contribution >= 0.6 is 0 Å². The first kappa shape index (κ1) is 17.5. The van der Waals surface area contributed by atoms with E-state index < -0.39 is 23.6 Å². The number of carbonyl (C=O) groups excluding carboxylic acids is 1. The van der Waals surface area contributed by atoms with Crippen LogP contribution in [0, 0.1) is 0 Å². The van der Waals surface area contributed by atoms with Crippen molar-refractivity contribution in [3.8, 4) is 22.6 Å². The van der Waals surface area contributed by atoms with Crippen LogP contribution in [0.3, 0.4) is 0 Å². The van der Waals surface area contributed by atoms with Gasteiger partial charge in [0.05, 0.1) is 5.56 Å². The topological polar surface area (TPSA) is 35.5 Å². The third-order valence-corrected chi connectivity index (χ3v) is 3.55. The van der Waals surface area contributed by atoms with Gasteiger partial charge in [0.2, 0.25) is 0 Å². The Hall–Kier alpha value is -3.28. The Bertz CT molecular complexity index is 905. The number of hydrogen-bond acceptors (Lipinski definition) is 3. The average molecular weight is 358 g/mol. The highest BCUT2D eigenvalue weighted by Gasteiger charge is 2.34. The summed E-state index contributed by atoms with van der Waals surface area (Å²) in [5.74, 6) is -0.421. The zero-order valence-electron chi connectivity index (χ0n) is 13.4. The van der Waals surface area contributed by atoms with Gasteiger partial charge in [0.1, 0.15) is 11.5 Å². The number of halogens is 3. The molecule has 0 fully saturated rings. The molecule has 3 aromatic carbocycles. The van der Waals surface area contributed by atoms with Gasteiger partial charge in [0, 0.05) is 5.56 Å². The van der Waals surface area contributed by atoms with E-state index in [9.17, 15) is 18.0 Å². The normalized spacial score (nSPS) is 11.0. The van der Waals surface area contributed by atoms with Crippen molar-refractivity contribution in [3.63, 3.8) is 0 Å². The summed E-state index contributed by atoms with van der Waals surface area (Å²) in [4.78, 5) is 12.0. The van der Waals surface area contributed by atoms with Gasteiger partial charge in [-0.25, -0.2) is 4.79 Å². The fraction of sp³-hybridized carbons (Fsp3) is 0.0500. The molecular weight excluding hydrogens is 345 g/mol. The van der Waals surface area contributed by atoms with Crippen molar-refractivity contribution in [2.75, 3.05) is 0 Å². The third-order valence-electron chi connectivity index (χ3n) is 3.55. The van der Waals surface area contributed by atoms with E-state index in [1.807, 2.05) is 30.3 Å². The van der Waals surface area contributed by atoms with Gasteiger partial charge in [-0.05, 0) is 23.8 Å². The summed E-state index contributed by atoms with van der Waals surface area (Å²) in [5, 5.41) is 0. The van der Waals surface area contributed by atoms with E-state index >= 15 is 0 Å². The summed E-state index contributed by atoms with van der Waals surface area (Å²) in [6.07, 6.45) is -5.89. The zero-order chi connectivity index (χ0) is 18.6. The molecule has 0 aliphatic rings. The second kappa shape index (κ2) is 7.31. The summed E-state index contributed by atoms with van der Waals surface area (Å²) < 4.78 is 48.9. The molecule has 0 amide bonds.